The Kier molecular flexibility index (Phi) is 10.7. The molecule has 2 aromatic rings. The highest BCUT2D eigenvalue weighted by Crippen LogP contribution is 2.34. The van der Waals surface area contributed by atoms with E-state index in [1.54, 1.807) is 39.0 Å². The molecule has 208 valence electrons. The minimum absolute atomic E-state index is 0.000819. The highest BCUT2D eigenvalue weighted by Gasteiger charge is 2.34. The maximum absolute atomic E-state index is 13.8. The van der Waals surface area contributed by atoms with E-state index in [2.05, 4.69) is 5.32 Å². The molecule has 0 radical (unpaired) electrons. The molecule has 1 N–H and O–H groups in total. The molecule has 1 unspecified atom stereocenters. The Morgan fingerprint density at radius 1 is 1.16 bits per heavy atom. The number of carbonyl (C=O) groups excluding carboxylic acids is 2. The number of methoxy groups -OCH3 is 1. The molecule has 0 spiro atoms. The van der Waals surface area contributed by atoms with Crippen molar-refractivity contribution in [1.82, 2.24) is 10.2 Å². The number of rotatable bonds is 12. The van der Waals surface area contributed by atoms with Crippen molar-refractivity contribution in [3.63, 3.8) is 0 Å². The van der Waals surface area contributed by atoms with Gasteiger partial charge in [0.25, 0.3) is 5.69 Å². The van der Waals surface area contributed by atoms with E-state index in [9.17, 15) is 28.1 Å². The smallest absolute Gasteiger partial charge is 0.271 e. The van der Waals surface area contributed by atoms with Gasteiger partial charge in [0.1, 0.15) is 24.0 Å². The Hall–Kier alpha value is -3.09. The summed E-state index contributed by atoms with van der Waals surface area (Å²) in [5.41, 5.74) is -0.226. The molecular formula is C24H30Cl2N4O7S. The zero-order valence-corrected chi connectivity index (χ0v) is 23.9. The van der Waals surface area contributed by atoms with Crippen LogP contribution in [0.15, 0.2) is 36.4 Å². The Bertz CT molecular complexity index is 1280. The van der Waals surface area contributed by atoms with Crippen LogP contribution in [0.4, 0.5) is 11.4 Å². The van der Waals surface area contributed by atoms with Crippen LogP contribution < -0.4 is 14.4 Å². The highest BCUT2D eigenvalue weighted by atomic mass is 35.5. The van der Waals surface area contributed by atoms with Crippen LogP contribution in [-0.2, 0) is 26.2 Å². The summed E-state index contributed by atoms with van der Waals surface area (Å²) in [7, 11) is -2.89. The van der Waals surface area contributed by atoms with Crippen molar-refractivity contribution in [2.45, 2.75) is 45.8 Å². The van der Waals surface area contributed by atoms with Gasteiger partial charge in [0, 0.05) is 40.3 Å². The van der Waals surface area contributed by atoms with Gasteiger partial charge in [-0.2, -0.15) is 0 Å². The van der Waals surface area contributed by atoms with Gasteiger partial charge < -0.3 is 15.0 Å². The third kappa shape index (κ3) is 7.71. The SMILES string of the molecule is CCC(C(=O)NC(C)C)N(Cc1c(Cl)cccc1Cl)C(=O)CN(c1cc([N+](=O)[O-])ccc1OC)S(C)(=O)=O. The van der Waals surface area contributed by atoms with Gasteiger partial charge in [0.2, 0.25) is 21.8 Å². The van der Waals surface area contributed by atoms with Crippen LogP contribution in [0, 0.1) is 10.1 Å². The molecule has 0 aliphatic rings. The first-order valence-electron chi connectivity index (χ1n) is 11.5. The first-order chi connectivity index (χ1) is 17.7. The average Bonchev–Trinajstić information content (AvgIpc) is 2.82. The molecule has 0 heterocycles. The van der Waals surface area contributed by atoms with E-state index >= 15 is 0 Å². The predicted molar refractivity (Wildman–Crippen MR) is 146 cm³/mol. The number of nitro groups is 1. The van der Waals surface area contributed by atoms with Crippen molar-refractivity contribution >= 4 is 56.4 Å². The zero-order chi connectivity index (χ0) is 28.8. The van der Waals surface area contributed by atoms with Gasteiger partial charge in [-0.15, -0.1) is 0 Å². The number of hydrogen-bond donors (Lipinski definition) is 1. The summed E-state index contributed by atoms with van der Waals surface area (Å²) in [6, 6.07) is 6.97. The number of non-ortho nitro benzene ring substituents is 1. The number of benzene rings is 2. The molecule has 0 aromatic heterocycles. The third-order valence-electron chi connectivity index (χ3n) is 5.53. The predicted octanol–water partition coefficient (Wildman–Crippen LogP) is 4.01. The van der Waals surface area contributed by atoms with Crippen molar-refractivity contribution in [2.24, 2.45) is 0 Å². The Labute approximate surface area is 231 Å². The van der Waals surface area contributed by atoms with Crippen molar-refractivity contribution in [3.8, 4) is 5.75 Å². The Morgan fingerprint density at radius 3 is 2.24 bits per heavy atom. The Balaban J connectivity index is 2.62. The van der Waals surface area contributed by atoms with Crippen molar-refractivity contribution in [2.75, 3.05) is 24.2 Å². The summed E-state index contributed by atoms with van der Waals surface area (Å²) >= 11 is 12.7. The summed E-state index contributed by atoms with van der Waals surface area (Å²) < 4.78 is 31.6. The number of hydrogen-bond acceptors (Lipinski definition) is 7. The van der Waals surface area contributed by atoms with E-state index in [0.717, 1.165) is 18.4 Å². The van der Waals surface area contributed by atoms with Crippen LogP contribution in [0.25, 0.3) is 0 Å². The number of ether oxygens (including phenoxy) is 1. The van der Waals surface area contributed by atoms with E-state index in [1.807, 2.05) is 0 Å². The fourth-order valence-corrected chi connectivity index (χ4v) is 5.10. The summed E-state index contributed by atoms with van der Waals surface area (Å²) in [5.74, 6) is -1.21. The molecule has 0 aliphatic heterocycles. The number of nitro benzene ring substituents is 1. The van der Waals surface area contributed by atoms with E-state index in [-0.39, 0.29) is 40.5 Å². The molecule has 2 amide bonds. The van der Waals surface area contributed by atoms with Gasteiger partial charge >= 0.3 is 0 Å². The normalized spacial score (nSPS) is 12.1. The maximum Gasteiger partial charge on any atom is 0.271 e. The fraction of sp³-hybridized carbons (Fsp3) is 0.417. The van der Waals surface area contributed by atoms with Crippen LogP contribution in [-0.4, -0.2) is 62.0 Å². The van der Waals surface area contributed by atoms with Crippen LogP contribution in [0.5, 0.6) is 5.75 Å². The monoisotopic (exact) mass is 588 g/mol. The lowest BCUT2D eigenvalue weighted by Gasteiger charge is -2.33. The highest BCUT2D eigenvalue weighted by molar-refractivity contribution is 7.92. The first kappa shape index (κ1) is 31.1. The third-order valence-corrected chi connectivity index (χ3v) is 7.36. The number of carbonyl (C=O) groups is 2. The second-order valence-electron chi connectivity index (χ2n) is 8.69. The number of anilines is 1. The first-order valence-corrected chi connectivity index (χ1v) is 14.1. The fourth-order valence-electron chi connectivity index (χ4n) is 3.74. The topological polar surface area (TPSA) is 139 Å². The van der Waals surface area contributed by atoms with Crippen LogP contribution in [0.1, 0.15) is 32.8 Å². The second kappa shape index (κ2) is 13.1. The lowest BCUT2D eigenvalue weighted by molar-refractivity contribution is -0.384. The Morgan fingerprint density at radius 2 is 1.76 bits per heavy atom. The maximum atomic E-state index is 13.8. The summed E-state index contributed by atoms with van der Waals surface area (Å²) in [5, 5.41) is 14.7. The van der Waals surface area contributed by atoms with Gasteiger partial charge in [0.05, 0.1) is 18.3 Å². The van der Waals surface area contributed by atoms with Crippen molar-refractivity contribution in [3.05, 3.63) is 62.1 Å². The summed E-state index contributed by atoms with van der Waals surface area (Å²) in [6.07, 6.45) is 1.06. The molecule has 0 fully saturated rings. The van der Waals surface area contributed by atoms with E-state index in [4.69, 9.17) is 27.9 Å². The van der Waals surface area contributed by atoms with Crippen LogP contribution in [0.3, 0.4) is 0 Å². The van der Waals surface area contributed by atoms with Gasteiger partial charge in [-0.3, -0.25) is 24.0 Å². The van der Waals surface area contributed by atoms with E-state index in [1.165, 1.54) is 18.1 Å². The van der Waals surface area contributed by atoms with Gasteiger partial charge in [-0.25, -0.2) is 8.42 Å². The molecule has 1 atom stereocenters. The standard InChI is InChI=1S/C24H30Cl2N4O7S/c1-6-20(24(32)27-15(2)3)28(13-17-18(25)8-7-9-19(17)26)23(31)14-29(38(5,35)36)21-12-16(30(33)34)10-11-22(21)37-4/h7-12,15,20H,6,13-14H2,1-5H3,(H,27,32). The second-order valence-corrected chi connectivity index (χ2v) is 11.4. The van der Waals surface area contributed by atoms with E-state index < -0.39 is 45.0 Å². The molecule has 2 aromatic carbocycles. The van der Waals surface area contributed by atoms with Crippen molar-refractivity contribution in [1.29, 1.82) is 0 Å². The zero-order valence-electron chi connectivity index (χ0n) is 21.6. The van der Waals surface area contributed by atoms with Gasteiger partial charge in [-0.1, -0.05) is 36.2 Å². The lowest BCUT2D eigenvalue weighted by atomic mass is 10.1. The summed E-state index contributed by atoms with van der Waals surface area (Å²) in [6.45, 7) is 4.27. The van der Waals surface area contributed by atoms with Gasteiger partial charge in [-0.05, 0) is 38.5 Å². The number of nitrogens with one attached hydrogen (secondary N) is 1. The number of nitrogens with zero attached hydrogens (tertiary/aromatic N) is 3. The molecular weight excluding hydrogens is 559 g/mol. The average molecular weight is 589 g/mol. The quantitative estimate of drug-likeness (QED) is 0.292. The van der Waals surface area contributed by atoms with Crippen molar-refractivity contribution < 1.29 is 27.7 Å². The molecule has 0 bridgehead atoms. The minimum Gasteiger partial charge on any atom is -0.495 e. The van der Waals surface area contributed by atoms with Crippen LogP contribution >= 0.6 is 23.2 Å². The minimum atomic E-state index is -4.15. The number of sulfonamides is 1. The summed E-state index contributed by atoms with van der Waals surface area (Å²) in [4.78, 5) is 38.7. The molecule has 14 heteroatoms. The molecule has 2 rings (SSSR count). The number of halogens is 2. The molecule has 0 saturated carbocycles. The molecule has 11 nitrogen and oxygen atoms in total. The lowest BCUT2D eigenvalue weighted by Crippen LogP contribution is -2.53. The molecule has 0 saturated heterocycles. The van der Waals surface area contributed by atoms with Gasteiger partial charge in [0.15, 0.2) is 0 Å². The molecule has 38 heavy (non-hydrogen) atoms. The van der Waals surface area contributed by atoms with E-state index in [0.29, 0.717) is 9.87 Å². The number of amides is 2. The molecule has 0 aliphatic carbocycles. The largest absolute Gasteiger partial charge is 0.495 e. The van der Waals surface area contributed by atoms with Crippen LogP contribution in [0.2, 0.25) is 10.0 Å².